The molecule has 0 aromatic heterocycles. The third kappa shape index (κ3) is 12.9. The normalized spacial score (nSPS) is 12.0. The molecule has 2 aromatic rings. The molecule has 0 saturated heterocycles. The molecule has 0 spiro atoms. The van der Waals surface area contributed by atoms with Crippen LogP contribution in [0.5, 0.6) is 5.75 Å². The molecule has 0 aliphatic heterocycles. The van der Waals surface area contributed by atoms with Gasteiger partial charge in [-0.05, 0) is 42.5 Å². The average molecular weight is 556 g/mol. The second-order valence-electron chi connectivity index (χ2n) is 9.28. The molecule has 2 rings (SSSR count). The topological polar surface area (TPSA) is 200 Å². The number of amides is 4. The number of carboxylic acids is 1. The summed E-state index contributed by atoms with van der Waals surface area (Å²) in [6.45, 7) is -0.446. The smallest absolute Gasteiger partial charge is 0.303 e. The molecule has 0 heterocycles. The van der Waals surface area contributed by atoms with Gasteiger partial charge < -0.3 is 37.2 Å². The van der Waals surface area contributed by atoms with Crippen molar-refractivity contribution >= 4 is 29.6 Å². The first kappa shape index (κ1) is 31.8. The Bertz CT molecular complexity index is 1130. The number of phenolic OH excluding ortho intramolecular Hbond substituents is 1. The Morgan fingerprint density at radius 1 is 0.725 bits per heavy atom. The maximum atomic E-state index is 12.8. The average Bonchev–Trinajstić information content (AvgIpc) is 2.93. The van der Waals surface area contributed by atoms with Crippen LogP contribution in [-0.4, -0.2) is 71.5 Å². The predicted octanol–water partition coefficient (Wildman–Crippen LogP) is -0.0169. The fourth-order valence-corrected chi connectivity index (χ4v) is 3.74. The van der Waals surface area contributed by atoms with Crippen LogP contribution in [0.25, 0.3) is 0 Å². The zero-order valence-electron chi connectivity index (χ0n) is 22.2. The van der Waals surface area contributed by atoms with Gasteiger partial charge >= 0.3 is 5.97 Å². The number of hydrogen-bond acceptors (Lipinski definition) is 7. The molecule has 12 heteroatoms. The molecule has 0 bridgehead atoms. The lowest BCUT2D eigenvalue weighted by atomic mass is 10.0. The van der Waals surface area contributed by atoms with Gasteiger partial charge in [0, 0.05) is 19.4 Å². The van der Waals surface area contributed by atoms with Crippen LogP contribution in [0.1, 0.15) is 36.8 Å². The minimum absolute atomic E-state index is 0.0721. The van der Waals surface area contributed by atoms with Gasteiger partial charge in [0.1, 0.15) is 11.8 Å². The lowest BCUT2D eigenvalue weighted by molar-refractivity contribution is -0.137. The number of aliphatic carboxylic acids is 1. The second-order valence-corrected chi connectivity index (χ2v) is 9.28. The molecule has 0 saturated carbocycles. The van der Waals surface area contributed by atoms with Crippen molar-refractivity contribution in [3.8, 4) is 5.75 Å². The largest absolute Gasteiger partial charge is 0.508 e. The molecule has 40 heavy (non-hydrogen) atoms. The van der Waals surface area contributed by atoms with Crippen LogP contribution in [0.15, 0.2) is 54.6 Å². The highest BCUT2D eigenvalue weighted by molar-refractivity contribution is 5.92. The van der Waals surface area contributed by atoms with Gasteiger partial charge in [-0.1, -0.05) is 48.9 Å². The van der Waals surface area contributed by atoms with Crippen LogP contribution < -0.4 is 27.0 Å². The van der Waals surface area contributed by atoms with Crippen molar-refractivity contribution < 1.29 is 34.2 Å². The van der Waals surface area contributed by atoms with E-state index >= 15 is 0 Å². The van der Waals surface area contributed by atoms with Crippen LogP contribution >= 0.6 is 0 Å². The summed E-state index contributed by atoms with van der Waals surface area (Å²) in [5.41, 5.74) is 7.46. The minimum Gasteiger partial charge on any atom is -0.508 e. The van der Waals surface area contributed by atoms with Gasteiger partial charge in [0.15, 0.2) is 0 Å². The Hall–Kier alpha value is -4.45. The fraction of sp³-hybridized carbons (Fsp3) is 0.393. The number of hydrogen-bond donors (Lipinski definition) is 7. The first-order valence-corrected chi connectivity index (χ1v) is 13.0. The number of nitrogens with two attached hydrogens (primary N) is 1. The third-order valence-corrected chi connectivity index (χ3v) is 5.90. The highest BCUT2D eigenvalue weighted by atomic mass is 16.4. The summed E-state index contributed by atoms with van der Waals surface area (Å²) in [4.78, 5) is 60.3. The van der Waals surface area contributed by atoms with Crippen molar-refractivity contribution in [1.29, 1.82) is 0 Å². The summed E-state index contributed by atoms with van der Waals surface area (Å²) < 4.78 is 0. The maximum absolute atomic E-state index is 12.8. The van der Waals surface area contributed by atoms with E-state index in [4.69, 9.17) is 10.8 Å². The zero-order chi connectivity index (χ0) is 29.3. The summed E-state index contributed by atoms with van der Waals surface area (Å²) in [7, 11) is 0. The molecule has 0 fully saturated rings. The number of carboxylic acid groups (broad SMARTS) is 1. The SMILES string of the molecule is N[C@@H](Cc1ccc(O)cc1)C(=O)NCC(=O)NCC(=O)N[C@@H](Cc1ccccc1)C(=O)NCCCCCC(=O)O. The predicted molar refractivity (Wildman–Crippen MR) is 147 cm³/mol. The molecule has 8 N–H and O–H groups in total. The van der Waals surface area contributed by atoms with Crippen LogP contribution in [-0.2, 0) is 36.8 Å². The highest BCUT2D eigenvalue weighted by Gasteiger charge is 2.21. The second kappa shape index (κ2) is 17.2. The number of carbonyl (C=O) groups excluding carboxylic acids is 4. The molecule has 4 amide bonds. The number of rotatable bonds is 17. The van der Waals surface area contributed by atoms with Gasteiger partial charge in [0.2, 0.25) is 23.6 Å². The van der Waals surface area contributed by atoms with Gasteiger partial charge in [0.05, 0.1) is 19.1 Å². The van der Waals surface area contributed by atoms with E-state index in [9.17, 15) is 29.1 Å². The molecule has 0 unspecified atom stereocenters. The monoisotopic (exact) mass is 555 g/mol. The van der Waals surface area contributed by atoms with Crippen molar-refractivity contribution in [3.63, 3.8) is 0 Å². The molecular formula is C28H37N5O7. The summed E-state index contributed by atoms with van der Waals surface area (Å²) in [5.74, 6) is -2.89. The first-order valence-electron chi connectivity index (χ1n) is 13.0. The summed E-state index contributed by atoms with van der Waals surface area (Å²) in [5, 5.41) is 28.3. The standard InChI is InChI=1S/C28H37N5O7/c29-22(15-20-10-12-21(34)13-11-20)27(39)32-17-24(35)31-18-25(36)33-23(16-19-7-3-1-4-8-19)28(40)30-14-6-2-5-9-26(37)38/h1,3-4,7-8,10-13,22-23,34H,2,5-6,9,14-18,29H2,(H,30,40)(H,31,35)(H,32,39)(H,33,36)(H,37,38)/t22-,23-/m0/s1. The molecule has 2 aromatic carbocycles. The molecule has 12 nitrogen and oxygen atoms in total. The first-order chi connectivity index (χ1) is 19.1. The maximum Gasteiger partial charge on any atom is 0.303 e. The number of aromatic hydroxyl groups is 1. The molecule has 2 atom stereocenters. The number of carbonyl (C=O) groups is 5. The van der Waals surface area contributed by atoms with E-state index in [0.29, 0.717) is 25.8 Å². The van der Waals surface area contributed by atoms with Crippen LogP contribution in [0.4, 0.5) is 0 Å². The Kier molecular flexibility index (Phi) is 13.7. The number of phenols is 1. The van der Waals surface area contributed by atoms with E-state index in [1.807, 2.05) is 30.3 Å². The molecular weight excluding hydrogens is 518 g/mol. The Morgan fingerprint density at radius 2 is 1.38 bits per heavy atom. The Balaban J connectivity index is 1.77. The van der Waals surface area contributed by atoms with Gasteiger partial charge in [-0.3, -0.25) is 24.0 Å². The summed E-state index contributed by atoms with van der Waals surface area (Å²) in [6.07, 6.45) is 2.28. The van der Waals surface area contributed by atoms with Crippen molar-refractivity contribution in [2.45, 2.75) is 50.6 Å². The van der Waals surface area contributed by atoms with Crippen LogP contribution in [0.3, 0.4) is 0 Å². The summed E-state index contributed by atoms with van der Waals surface area (Å²) in [6, 6.07) is 13.6. The zero-order valence-corrected chi connectivity index (χ0v) is 22.2. The van der Waals surface area contributed by atoms with Gasteiger partial charge in [-0.15, -0.1) is 0 Å². The fourth-order valence-electron chi connectivity index (χ4n) is 3.74. The highest BCUT2D eigenvalue weighted by Crippen LogP contribution is 2.11. The molecule has 0 radical (unpaired) electrons. The van der Waals surface area contributed by atoms with Crippen molar-refractivity contribution in [1.82, 2.24) is 21.3 Å². The Labute approximate surface area is 232 Å². The van der Waals surface area contributed by atoms with E-state index in [0.717, 1.165) is 11.1 Å². The molecule has 216 valence electrons. The number of nitrogens with one attached hydrogen (secondary N) is 4. The van der Waals surface area contributed by atoms with Gasteiger partial charge in [0.25, 0.3) is 0 Å². The Morgan fingerprint density at radius 3 is 2.05 bits per heavy atom. The third-order valence-electron chi connectivity index (χ3n) is 5.90. The van der Waals surface area contributed by atoms with Crippen molar-refractivity contribution in [3.05, 3.63) is 65.7 Å². The number of benzene rings is 2. The molecule has 0 aliphatic carbocycles. The van der Waals surface area contributed by atoms with Crippen molar-refractivity contribution in [2.24, 2.45) is 5.73 Å². The van der Waals surface area contributed by atoms with Crippen LogP contribution in [0, 0.1) is 0 Å². The van der Waals surface area contributed by atoms with E-state index in [2.05, 4.69) is 21.3 Å². The van der Waals surface area contributed by atoms with Gasteiger partial charge in [-0.25, -0.2) is 0 Å². The van der Waals surface area contributed by atoms with E-state index < -0.39 is 48.2 Å². The van der Waals surface area contributed by atoms with Gasteiger partial charge in [-0.2, -0.15) is 0 Å². The lowest BCUT2D eigenvalue weighted by Gasteiger charge is -2.19. The van der Waals surface area contributed by atoms with E-state index in [-0.39, 0.29) is 31.6 Å². The van der Waals surface area contributed by atoms with Crippen LogP contribution in [0.2, 0.25) is 0 Å². The van der Waals surface area contributed by atoms with Crippen molar-refractivity contribution in [2.75, 3.05) is 19.6 Å². The van der Waals surface area contributed by atoms with E-state index in [1.54, 1.807) is 12.1 Å². The quantitative estimate of drug-likeness (QED) is 0.132. The minimum atomic E-state index is -0.907. The van der Waals surface area contributed by atoms with E-state index in [1.165, 1.54) is 12.1 Å². The number of unbranched alkanes of at least 4 members (excludes halogenated alkanes) is 2. The summed E-state index contributed by atoms with van der Waals surface area (Å²) >= 11 is 0. The lowest BCUT2D eigenvalue weighted by Crippen LogP contribution is -2.51. The molecule has 0 aliphatic rings.